The van der Waals surface area contributed by atoms with E-state index in [0.717, 1.165) is 37.0 Å². The van der Waals surface area contributed by atoms with Gasteiger partial charge in [0, 0.05) is 37.7 Å². The Morgan fingerprint density at radius 2 is 1.95 bits per heavy atom. The normalized spacial score (nSPS) is 22.8. The Morgan fingerprint density at radius 3 is 2.62 bits per heavy atom. The predicted molar refractivity (Wildman–Crippen MR) is 92.5 cm³/mol. The number of nitrogens with zero attached hydrogens (tertiary/aromatic N) is 2. The molecule has 5 heteroatoms. The minimum Gasteiger partial charge on any atom is -0.362 e. The second-order valence-corrected chi connectivity index (χ2v) is 6.58. The van der Waals surface area contributed by atoms with Crippen LogP contribution in [0.4, 0.5) is 5.69 Å². The van der Waals surface area contributed by atoms with Gasteiger partial charge in [-0.05, 0) is 55.6 Å². The second-order valence-electron chi connectivity index (χ2n) is 6.18. The van der Waals surface area contributed by atoms with E-state index in [2.05, 4.69) is 34.4 Å². The summed E-state index contributed by atoms with van der Waals surface area (Å²) < 4.78 is 0. The molecule has 116 valence electrons. The summed E-state index contributed by atoms with van der Waals surface area (Å²) in [6.45, 7) is 9.26. The highest BCUT2D eigenvalue weighted by atomic mass is 32.1. The molecular weight excluding hydrogens is 280 g/mol. The Labute approximate surface area is 133 Å². The van der Waals surface area contributed by atoms with Crippen molar-refractivity contribution in [2.24, 2.45) is 11.8 Å². The monoisotopic (exact) mass is 306 g/mol. The number of hydrogen-bond donors (Lipinski definition) is 2. The highest BCUT2D eigenvalue weighted by Crippen LogP contribution is 2.20. The topological polar surface area (TPSA) is 40.2 Å². The molecule has 1 aromatic heterocycles. The van der Waals surface area contributed by atoms with E-state index in [1.165, 1.54) is 19.5 Å². The molecule has 2 rings (SSSR count). The van der Waals surface area contributed by atoms with Crippen LogP contribution in [-0.2, 0) is 0 Å². The summed E-state index contributed by atoms with van der Waals surface area (Å²) in [7, 11) is 0. The van der Waals surface area contributed by atoms with Gasteiger partial charge in [-0.3, -0.25) is 4.98 Å². The summed E-state index contributed by atoms with van der Waals surface area (Å²) in [6, 6.07) is 3.81. The molecular formula is C16H26N4S. The summed E-state index contributed by atoms with van der Waals surface area (Å²) in [5.74, 6) is 1.66. The van der Waals surface area contributed by atoms with E-state index in [0.29, 0.717) is 5.11 Å². The van der Waals surface area contributed by atoms with E-state index < -0.39 is 0 Å². The molecule has 0 aromatic carbocycles. The lowest BCUT2D eigenvalue weighted by molar-refractivity contribution is 0.140. The van der Waals surface area contributed by atoms with Gasteiger partial charge in [0.15, 0.2) is 5.11 Å². The van der Waals surface area contributed by atoms with Crippen molar-refractivity contribution >= 4 is 23.0 Å². The van der Waals surface area contributed by atoms with Crippen molar-refractivity contribution in [2.45, 2.75) is 26.7 Å². The molecule has 2 unspecified atom stereocenters. The summed E-state index contributed by atoms with van der Waals surface area (Å²) in [5.41, 5.74) is 0.973. The molecule has 0 radical (unpaired) electrons. The molecule has 0 aliphatic carbocycles. The van der Waals surface area contributed by atoms with Crippen molar-refractivity contribution in [3.05, 3.63) is 24.5 Å². The quantitative estimate of drug-likeness (QED) is 0.646. The molecule has 2 atom stereocenters. The third-order valence-electron chi connectivity index (χ3n) is 3.82. The van der Waals surface area contributed by atoms with Crippen LogP contribution in [0.5, 0.6) is 0 Å². The first kappa shape index (κ1) is 16.2. The van der Waals surface area contributed by atoms with Gasteiger partial charge in [0.2, 0.25) is 0 Å². The number of pyridine rings is 1. The van der Waals surface area contributed by atoms with Crippen molar-refractivity contribution in [3.63, 3.8) is 0 Å². The van der Waals surface area contributed by atoms with Crippen LogP contribution in [0.25, 0.3) is 0 Å². The largest absolute Gasteiger partial charge is 0.362 e. The summed E-state index contributed by atoms with van der Waals surface area (Å²) in [4.78, 5) is 6.57. The van der Waals surface area contributed by atoms with Gasteiger partial charge in [-0.25, -0.2) is 0 Å². The van der Waals surface area contributed by atoms with E-state index in [1.807, 2.05) is 12.1 Å². The van der Waals surface area contributed by atoms with Crippen LogP contribution in [0.2, 0.25) is 0 Å². The molecule has 2 heterocycles. The smallest absolute Gasteiger partial charge is 0.170 e. The number of piperidine rings is 1. The number of aromatic nitrogens is 1. The van der Waals surface area contributed by atoms with Crippen molar-refractivity contribution in [1.82, 2.24) is 15.2 Å². The SMILES string of the molecule is CC1CC(C)CN(CCCNC(=S)Nc2ccncc2)C1. The van der Waals surface area contributed by atoms with Crippen LogP contribution in [-0.4, -0.2) is 41.2 Å². The van der Waals surface area contributed by atoms with E-state index in [9.17, 15) is 0 Å². The first-order valence-corrected chi connectivity index (χ1v) is 8.21. The highest BCUT2D eigenvalue weighted by molar-refractivity contribution is 7.80. The van der Waals surface area contributed by atoms with Crippen molar-refractivity contribution < 1.29 is 0 Å². The van der Waals surface area contributed by atoms with Crippen LogP contribution >= 0.6 is 12.2 Å². The molecule has 4 nitrogen and oxygen atoms in total. The Balaban J connectivity index is 1.60. The molecule has 1 aromatic rings. The Bertz CT molecular complexity index is 427. The van der Waals surface area contributed by atoms with Gasteiger partial charge >= 0.3 is 0 Å². The zero-order chi connectivity index (χ0) is 15.1. The third-order valence-corrected chi connectivity index (χ3v) is 4.07. The van der Waals surface area contributed by atoms with Crippen LogP contribution in [0.1, 0.15) is 26.7 Å². The van der Waals surface area contributed by atoms with Gasteiger partial charge in [-0.1, -0.05) is 13.8 Å². The molecule has 0 amide bonds. The molecule has 1 saturated heterocycles. The fourth-order valence-electron chi connectivity index (χ4n) is 3.09. The second kappa shape index (κ2) is 8.29. The predicted octanol–water partition coefficient (Wildman–Crippen LogP) is 2.74. The van der Waals surface area contributed by atoms with Crippen LogP contribution < -0.4 is 10.6 Å². The van der Waals surface area contributed by atoms with E-state index in [1.54, 1.807) is 12.4 Å². The van der Waals surface area contributed by atoms with Crippen molar-refractivity contribution in [3.8, 4) is 0 Å². The van der Waals surface area contributed by atoms with Crippen LogP contribution in [0.15, 0.2) is 24.5 Å². The standard InChI is InChI=1S/C16H26N4S/c1-13-10-14(2)12-20(11-13)9-3-6-18-16(21)19-15-4-7-17-8-5-15/h4-5,7-8,13-14H,3,6,9-12H2,1-2H3,(H2,17,18,19,21). The number of thiocarbonyl (C=S) groups is 1. The summed E-state index contributed by atoms with van der Waals surface area (Å²) >= 11 is 5.29. The zero-order valence-corrected chi connectivity index (χ0v) is 13.8. The lowest BCUT2D eigenvalue weighted by Crippen LogP contribution is -2.40. The minimum atomic E-state index is 0.682. The highest BCUT2D eigenvalue weighted by Gasteiger charge is 2.20. The molecule has 1 aliphatic rings. The molecule has 1 aliphatic heterocycles. The number of nitrogens with one attached hydrogen (secondary N) is 2. The molecule has 0 bridgehead atoms. The Hall–Kier alpha value is -1.20. The summed E-state index contributed by atoms with van der Waals surface area (Å²) in [5, 5.41) is 7.11. The van der Waals surface area contributed by atoms with E-state index >= 15 is 0 Å². The first-order valence-electron chi connectivity index (χ1n) is 7.80. The van der Waals surface area contributed by atoms with Gasteiger partial charge in [-0.2, -0.15) is 0 Å². The minimum absolute atomic E-state index is 0.682. The van der Waals surface area contributed by atoms with E-state index in [4.69, 9.17) is 12.2 Å². The number of anilines is 1. The van der Waals surface area contributed by atoms with E-state index in [-0.39, 0.29) is 0 Å². The van der Waals surface area contributed by atoms with Gasteiger partial charge in [0.05, 0.1) is 0 Å². The number of hydrogen-bond acceptors (Lipinski definition) is 3. The van der Waals surface area contributed by atoms with Crippen LogP contribution in [0, 0.1) is 11.8 Å². The molecule has 2 N–H and O–H groups in total. The average molecular weight is 306 g/mol. The number of likely N-dealkylation sites (tertiary alicyclic amines) is 1. The maximum absolute atomic E-state index is 5.29. The van der Waals surface area contributed by atoms with Crippen molar-refractivity contribution in [2.75, 3.05) is 31.5 Å². The summed E-state index contributed by atoms with van der Waals surface area (Å²) in [6.07, 6.45) is 6.00. The van der Waals surface area contributed by atoms with Gasteiger partial charge in [0.25, 0.3) is 0 Å². The molecule has 21 heavy (non-hydrogen) atoms. The number of rotatable bonds is 5. The Kier molecular flexibility index (Phi) is 6.39. The zero-order valence-electron chi connectivity index (χ0n) is 13.0. The lowest BCUT2D eigenvalue weighted by atomic mass is 9.92. The molecule has 1 fully saturated rings. The molecule has 0 saturated carbocycles. The van der Waals surface area contributed by atoms with Gasteiger partial charge in [-0.15, -0.1) is 0 Å². The molecule has 0 spiro atoms. The fraction of sp³-hybridized carbons (Fsp3) is 0.625. The lowest BCUT2D eigenvalue weighted by Gasteiger charge is -2.34. The van der Waals surface area contributed by atoms with Crippen molar-refractivity contribution in [1.29, 1.82) is 0 Å². The van der Waals surface area contributed by atoms with Gasteiger partial charge in [0.1, 0.15) is 0 Å². The average Bonchev–Trinajstić information content (AvgIpc) is 2.44. The third kappa shape index (κ3) is 5.98. The first-order chi connectivity index (χ1) is 10.1. The van der Waals surface area contributed by atoms with Gasteiger partial charge < -0.3 is 15.5 Å². The fourth-order valence-corrected chi connectivity index (χ4v) is 3.31. The maximum atomic E-state index is 5.29. The Morgan fingerprint density at radius 1 is 1.29 bits per heavy atom. The van der Waals surface area contributed by atoms with Crippen LogP contribution in [0.3, 0.4) is 0 Å². The maximum Gasteiger partial charge on any atom is 0.170 e.